The van der Waals surface area contributed by atoms with E-state index in [2.05, 4.69) is 9.97 Å². The zero-order valence-electron chi connectivity index (χ0n) is 15.2. The number of nitrogens with two attached hydrogens (primary N) is 1. The maximum absolute atomic E-state index is 12.2. The molecule has 7 nitrogen and oxygen atoms in total. The van der Waals surface area contributed by atoms with Crippen molar-refractivity contribution in [2.45, 2.75) is 31.9 Å². The fraction of sp³-hybridized carbons (Fsp3) is 0.238. The van der Waals surface area contributed by atoms with Crippen LogP contribution in [0.4, 0.5) is 0 Å². The van der Waals surface area contributed by atoms with E-state index in [-0.39, 0.29) is 5.78 Å². The number of aromatic nitrogens is 3. The molecule has 1 aliphatic carbocycles. The number of imidazole rings is 1. The van der Waals surface area contributed by atoms with Crippen molar-refractivity contribution in [1.29, 1.82) is 0 Å². The fourth-order valence-corrected chi connectivity index (χ4v) is 3.59. The van der Waals surface area contributed by atoms with Gasteiger partial charge in [-0.05, 0) is 36.6 Å². The molecule has 7 heteroatoms. The summed E-state index contributed by atoms with van der Waals surface area (Å²) < 4.78 is 8.16. The Morgan fingerprint density at radius 1 is 1.21 bits per heavy atom. The number of amides is 1. The number of nitrogens with zero attached hydrogens (tertiary/aromatic N) is 3. The van der Waals surface area contributed by atoms with Gasteiger partial charge in [-0.3, -0.25) is 14.6 Å². The van der Waals surface area contributed by atoms with Crippen LogP contribution in [0.2, 0.25) is 0 Å². The summed E-state index contributed by atoms with van der Waals surface area (Å²) in [6.07, 6.45) is 10.1. The maximum atomic E-state index is 12.2. The SMILES string of the molecule is NC(=O)c1c(O[C@H](Cn2ccnc2)c2cccnc2)ccc2c1CCCC2=O. The number of primary amides is 1. The van der Waals surface area contributed by atoms with Gasteiger partial charge < -0.3 is 15.0 Å². The molecule has 1 atom stereocenters. The molecule has 4 rings (SSSR count). The monoisotopic (exact) mass is 376 g/mol. The number of carbonyl (C=O) groups excluding carboxylic acids is 2. The number of hydrogen-bond acceptors (Lipinski definition) is 5. The first-order valence-electron chi connectivity index (χ1n) is 9.14. The molecule has 0 radical (unpaired) electrons. The van der Waals surface area contributed by atoms with E-state index in [1.54, 1.807) is 37.1 Å². The van der Waals surface area contributed by atoms with Gasteiger partial charge >= 0.3 is 0 Å². The predicted octanol–water partition coefficient (Wildman–Crippen LogP) is 2.72. The summed E-state index contributed by atoms with van der Waals surface area (Å²) in [5.74, 6) is -0.165. The van der Waals surface area contributed by atoms with E-state index in [1.807, 2.05) is 22.9 Å². The largest absolute Gasteiger partial charge is 0.483 e. The van der Waals surface area contributed by atoms with Crippen LogP contribution >= 0.6 is 0 Å². The molecule has 1 aromatic carbocycles. The molecule has 2 aromatic heterocycles. The minimum atomic E-state index is -0.589. The number of benzene rings is 1. The third-order valence-electron chi connectivity index (χ3n) is 4.91. The third-order valence-corrected chi connectivity index (χ3v) is 4.91. The van der Waals surface area contributed by atoms with Crippen LogP contribution in [0.1, 0.15) is 50.8 Å². The van der Waals surface area contributed by atoms with Gasteiger partial charge in [-0.15, -0.1) is 0 Å². The van der Waals surface area contributed by atoms with Crippen LogP contribution < -0.4 is 10.5 Å². The van der Waals surface area contributed by atoms with Crippen LogP contribution in [0.15, 0.2) is 55.4 Å². The molecule has 0 unspecified atom stereocenters. The van der Waals surface area contributed by atoms with Crippen LogP contribution in [-0.4, -0.2) is 26.2 Å². The normalized spacial score (nSPS) is 14.4. The maximum Gasteiger partial charge on any atom is 0.252 e. The molecule has 0 fully saturated rings. The van der Waals surface area contributed by atoms with Crippen molar-refractivity contribution in [2.24, 2.45) is 5.73 Å². The Labute approximate surface area is 162 Å². The second-order valence-corrected chi connectivity index (χ2v) is 6.76. The molecule has 0 bridgehead atoms. The topological polar surface area (TPSA) is 100 Å². The van der Waals surface area contributed by atoms with E-state index >= 15 is 0 Å². The number of pyridine rings is 1. The van der Waals surface area contributed by atoms with Gasteiger partial charge in [0.2, 0.25) is 0 Å². The highest BCUT2D eigenvalue weighted by Crippen LogP contribution is 2.33. The quantitative estimate of drug-likeness (QED) is 0.713. The molecule has 142 valence electrons. The molecule has 1 aliphatic rings. The molecule has 2 heterocycles. The zero-order chi connectivity index (χ0) is 19.5. The van der Waals surface area contributed by atoms with Gasteiger partial charge in [0.1, 0.15) is 11.9 Å². The van der Waals surface area contributed by atoms with Gasteiger partial charge in [0.15, 0.2) is 5.78 Å². The molecular formula is C21H20N4O3. The van der Waals surface area contributed by atoms with Crippen LogP contribution in [0.25, 0.3) is 0 Å². The Kier molecular flexibility index (Phi) is 4.89. The van der Waals surface area contributed by atoms with E-state index in [4.69, 9.17) is 10.5 Å². The van der Waals surface area contributed by atoms with E-state index in [1.165, 1.54) is 0 Å². The lowest BCUT2D eigenvalue weighted by Gasteiger charge is -2.24. The number of Topliss-reactive ketones (excluding diaryl/α,β-unsaturated/α-hetero) is 1. The smallest absolute Gasteiger partial charge is 0.252 e. The Morgan fingerprint density at radius 3 is 2.82 bits per heavy atom. The summed E-state index contributed by atoms with van der Waals surface area (Å²) >= 11 is 0. The third kappa shape index (κ3) is 3.51. The Bertz CT molecular complexity index is 1000. The van der Waals surface area contributed by atoms with Crippen LogP contribution in [0, 0.1) is 0 Å². The number of fused-ring (bicyclic) bond motifs is 1. The predicted molar refractivity (Wildman–Crippen MR) is 102 cm³/mol. The Morgan fingerprint density at radius 2 is 2.11 bits per heavy atom. The van der Waals surface area contributed by atoms with Crippen LogP contribution in [0.5, 0.6) is 5.75 Å². The highest BCUT2D eigenvalue weighted by Gasteiger charge is 2.27. The first-order chi connectivity index (χ1) is 13.6. The summed E-state index contributed by atoms with van der Waals surface area (Å²) in [5, 5.41) is 0. The van der Waals surface area contributed by atoms with Gasteiger partial charge in [0.05, 0.1) is 18.4 Å². The van der Waals surface area contributed by atoms with Crippen molar-refractivity contribution in [3.05, 3.63) is 77.6 Å². The highest BCUT2D eigenvalue weighted by molar-refractivity contribution is 6.05. The number of carbonyl (C=O) groups is 2. The molecule has 2 N–H and O–H groups in total. The Hall–Kier alpha value is -3.48. The van der Waals surface area contributed by atoms with Gasteiger partial charge in [-0.1, -0.05) is 6.07 Å². The van der Waals surface area contributed by atoms with E-state index < -0.39 is 12.0 Å². The highest BCUT2D eigenvalue weighted by atomic mass is 16.5. The summed E-state index contributed by atoms with van der Waals surface area (Å²) in [6.45, 7) is 0.486. The number of ether oxygens (including phenoxy) is 1. The lowest BCUT2D eigenvalue weighted by atomic mass is 9.86. The average molecular weight is 376 g/mol. The van der Waals surface area contributed by atoms with Gasteiger partial charge in [-0.25, -0.2) is 4.98 Å². The molecule has 0 saturated heterocycles. The van der Waals surface area contributed by atoms with E-state index in [9.17, 15) is 9.59 Å². The second-order valence-electron chi connectivity index (χ2n) is 6.76. The molecule has 3 aromatic rings. The van der Waals surface area contributed by atoms with Gasteiger partial charge in [-0.2, -0.15) is 0 Å². The number of hydrogen-bond donors (Lipinski definition) is 1. The summed E-state index contributed by atoms with van der Waals surface area (Å²) in [6, 6.07) is 7.15. The zero-order valence-corrected chi connectivity index (χ0v) is 15.2. The first kappa shape index (κ1) is 17.9. The summed E-state index contributed by atoms with van der Waals surface area (Å²) in [4.78, 5) is 32.7. The molecule has 1 amide bonds. The lowest BCUT2D eigenvalue weighted by Crippen LogP contribution is -2.23. The molecule has 0 spiro atoms. The van der Waals surface area contributed by atoms with Gasteiger partial charge in [0, 0.05) is 42.3 Å². The van der Waals surface area contributed by atoms with Crippen molar-refractivity contribution < 1.29 is 14.3 Å². The first-order valence-corrected chi connectivity index (χ1v) is 9.14. The van der Waals surface area contributed by atoms with Crippen molar-refractivity contribution >= 4 is 11.7 Å². The van der Waals surface area contributed by atoms with Crippen molar-refractivity contribution in [2.75, 3.05) is 0 Å². The molecule has 0 saturated carbocycles. The minimum absolute atomic E-state index is 0.0394. The average Bonchev–Trinajstić information content (AvgIpc) is 3.21. The van der Waals surface area contributed by atoms with Crippen molar-refractivity contribution in [3.63, 3.8) is 0 Å². The molecule has 0 aliphatic heterocycles. The molecule has 28 heavy (non-hydrogen) atoms. The Balaban J connectivity index is 1.74. The van der Waals surface area contributed by atoms with Gasteiger partial charge in [0.25, 0.3) is 5.91 Å². The fourth-order valence-electron chi connectivity index (χ4n) is 3.59. The standard InChI is InChI=1S/C21H20N4O3/c22-21(27)20-16-4-1-5-17(26)15(16)6-7-18(20)28-19(12-25-10-9-24-13-25)14-3-2-8-23-11-14/h2-3,6-11,13,19H,1,4-5,12H2,(H2,22,27)/t19-/m1/s1. The summed E-state index contributed by atoms with van der Waals surface area (Å²) in [7, 11) is 0. The van der Waals surface area contributed by atoms with Crippen LogP contribution in [-0.2, 0) is 13.0 Å². The second kappa shape index (κ2) is 7.64. The van der Waals surface area contributed by atoms with Crippen LogP contribution in [0.3, 0.4) is 0 Å². The van der Waals surface area contributed by atoms with Crippen molar-refractivity contribution in [1.82, 2.24) is 14.5 Å². The number of rotatable bonds is 6. The van der Waals surface area contributed by atoms with Crippen molar-refractivity contribution in [3.8, 4) is 5.75 Å². The molecular weight excluding hydrogens is 356 g/mol. The van der Waals surface area contributed by atoms with E-state index in [0.717, 1.165) is 5.56 Å². The minimum Gasteiger partial charge on any atom is -0.483 e. The summed E-state index contributed by atoms with van der Waals surface area (Å²) in [5.41, 5.74) is 8.09. The lowest BCUT2D eigenvalue weighted by molar-refractivity contribution is 0.0971. The number of ketones is 1. The van der Waals surface area contributed by atoms with E-state index in [0.29, 0.717) is 48.2 Å².